The van der Waals surface area contributed by atoms with Gasteiger partial charge in [-0.3, -0.25) is 0 Å². The van der Waals surface area contributed by atoms with Crippen LogP contribution in [0.2, 0.25) is 0 Å². The number of fused-ring (bicyclic) bond motifs is 1. The van der Waals surface area contributed by atoms with Gasteiger partial charge in [-0.05, 0) is 43.9 Å². The second kappa shape index (κ2) is 4.30. The maximum atomic E-state index is 2.62. The molecule has 0 aromatic rings. The minimum Gasteiger partial charge on any atom is -0.0819 e. The highest BCUT2D eigenvalue weighted by Crippen LogP contribution is 2.42. The minimum atomic E-state index is 0.987. The second-order valence-electron chi connectivity index (χ2n) is 4.84. The molecule has 0 bridgehead atoms. The van der Waals surface area contributed by atoms with Gasteiger partial charge in [0.15, 0.2) is 0 Å². The van der Waals surface area contributed by atoms with Gasteiger partial charge in [-0.1, -0.05) is 37.8 Å². The molecule has 13 heavy (non-hydrogen) atoms. The lowest BCUT2D eigenvalue weighted by molar-refractivity contribution is 0.302. The summed E-state index contributed by atoms with van der Waals surface area (Å²) in [7, 11) is 0. The maximum absolute atomic E-state index is 2.62. The predicted octanol–water partition coefficient (Wildman–Crippen LogP) is 4.31. The van der Waals surface area contributed by atoms with Gasteiger partial charge in [0.1, 0.15) is 0 Å². The van der Waals surface area contributed by atoms with E-state index in [1.54, 1.807) is 5.57 Å². The average molecular weight is 178 g/mol. The van der Waals surface area contributed by atoms with E-state index in [4.69, 9.17) is 0 Å². The molecule has 0 nitrogen and oxygen atoms in total. The van der Waals surface area contributed by atoms with E-state index < -0.39 is 0 Å². The molecule has 0 radical (unpaired) electrons. The van der Waals surface area contributed by atoms with Crippen LogP contribution in [0.25, 0.3) is 0 Å². The normalized spacial score (nSPS) is 32.8. The molecule has 2 rings (SSSR count). The molecule has 0 spiro atoms. The smallest absolute Gasteiger partial charge is 0.0199 e. The molecule has 0 unspecified atom stereocenters. The Hall–Kier alpha value is -0.260. The molecule has 0 heteroatoms. The Morgan fingerprint density at radius 2 is 2.15 bits per heavy atom. The molecule has 0 aromatic carbocycles. The van der Waals surface area contributed by atoms with Gasteiger partial charge in [0.05, 0.1) is 0 Å². The molecular formula is C13H22. The molecule has 0 N–H and O–H groups in total. The molecule has 0 heterocycles. The zero-order chi connectivity index (χ0) is 9.10. The highest BCUT2D eigenvalue weighted by molar-refractivity contribution is 5.14. The highest BCUT2D eigenvalue weighted by Gasteiger charge is 2.28. The summed E-state index contributed by atoms with van der Waals surface area (Å²) >= 11 is 0. The lowest BCUT2D eigenvalue weighted by Gasteiger charge is -2.24. The summed E-state index contributed by atoms with van der Waals surface area (Å²) < 4.78 is 0. The van der Waals surface area contributed by atoms with Crippen LogP contribution in [-0.4, -0.2) is 0 Å². The first-order valence-corrected chi connectivity index (χ1v) is 6.09. The van der Waals surface area contributed by atoms with Crippen LogP contribution >= 0.6 is 0 Å². The Bertz CT molecular complexity index is 190. The molecule has 1 fully saturated rings. The van der Waals surface area contributed by atoms with Crippen molar-refractivity contribution in [3.05, 3.63) is 11.6 Å². The summed E-state index contributed by atoms with van der Waals surface area (Å²) in [5.74, 6) is 2.04. The molecule has 0 amide bonds. The number of hydrogen-bond acceptors (Lipinski definition) is 0. The van der Waals surface area contributed by atoms with Crippen LogP contribution in [0.1, 0.15) is 58.3 Å². The number of allylic oxidation sites excluding steroid dienone is 2. The van der Waals surface area contributed by atoms with Crippen LogP contribution in [0.15, 0.2) is 11.6 Å². The van der Waals surface area contributed by atoms with E-state index in [1.807, 2.05) is 0 Å². The molecule has 0 aromatic heterocycles. The van der Waals surface area contributed by atoms with E-state index in [1.165, 1.54) is 51.4 Å². The quantitative estimate of drug-likeness (QED) is 0.565. The Morgan fingerprint density at radius 1 is 1.31 bits per heavy atom. The SMILES string of the molecule is CCCCC1=C[C@@H]2CCCC[C@@H]2C1. The van der Waals surface area contributed by atoms with E-state index in [9.17, 15) is 0 Å². The van der Waals surface area contributed by atoms with E-state index in [2.05, 4.69) is 13.0 Å². The Labute approximate surface area is 82.4 Å². The van der Waals surface area contributed by atoms with E-state index >= 15 is 0 Å². The summed E-state index contributed by atoms with van der Waals surface area (Å²) in [5, 5.41) is 0. The molecular weight excluding hydrogens is 156 g/mol. The predicted molar refractivity (Wildman–Crippen MR) is 57.7 cm³/mol. The van der Waals surface area contributed by atoms with Gasteiger partial charge in [0.2, 0.25) is 0 Å². The third kappa shape index (κ3) is 2.15. The summed E-state index contributed by atoms with van der Waals surface area (Å²) in [6.07, 6.45) is 14.2. The van der Waals surface area contributed by atoms with Crippen molar-refractivity contribution < 1.29 is 0 Å². The largest absolute Gasteiger partial charge is 0.0819 e. The van der Waals surface area contributed by atoms with Gasteiger partial charge in [0.25, 0.3) is 0 Å². The van der Waals surface area contributed by atoms with E-state index in [0.717, 1.165) is 11.8 Å². The Kier molecular flexibility index (Phi) is 3.08. The molecule has 2 atom stereocenters. The minimum absolute atomic E-state index is 0.987. The maximum Gasteiger partial charge on any atom is -0.0199 e. The van der Waals surface area contributed by atoms with Crippen molar-refractivity contribution in [2.45, 2.75) is 58.3 Å². The highest BCUT2D eigenvalue weighted by atomic mass is 14.3. The van der Waals surface area contributed by atoms with Crippen molar-refractivity contribution >= 4 is 0 Å². The van der Waals surface area contributed by atoms with Crippen LogP contribution in [-0.2, 0) is 0 Å². The second-order valence-corrected chi connectivity index (χ2v) is 4.84. The molecule has 0 aliphatic heterocycles. The van der Waals surface area contributed by atoms with E-state index in [0.29, 0.717) is 0 Å². The first-order valence-electron chi connectivity index (χ1n) is 6.09. The van der Waals surface area contributed by atoms with Gasteiger partial charge in [0, 0.05) is 0 Å². The van der Waals surface area contributed by atoms with Gasteiger partial charge in [-0.25, -0.2) is 0 Å². The molecule has 74 valence electrons. The number of hydrogen-bond donors (Lipinski definition) is 0. The fourth-order valence-corrected chi connectivity index (χ4v) is 3.01. The zero-order valence-electron chi connectivity index (χ0n) is 8.89. The lowest BCUT2D eigenvalue weighted by atomic mass is 9.81. The number of unbranched alkanes of at least 4 members (excludes halogenated alkanes) is 1. The monoisotopic (exact) mass is 178 g/mol. The lowest BCUT2D eigenvalue weighted by Crippen LogP contribution is -2.12. The van der Waals surface area contributed by atoms with Crippen molar-refractivity contribution in [2.75, 3.05) is 0 Å². The average Bonchev–Trinajstić information content (AvgIpc) is 2.57. The van der Waals surface area contributed by atoms with Gasteiger partial charge >= 0.3 is 0 Å². The first-order chi connectivity index (χ1) is 6.40. The topological polar surface area (TPSA) is 0 Å². The molecule has 1 saturated carbocycles. The van der Waals surface area contributed by atoms with E-state index in [-0.39, 0.29) is 0 Å². The zero-order valence-corrected chi connectivity index (χ0v) is 8.89. The van der Waals surface area contributed by atoms with Crippen molar-refractivity contribution in [3.8, 4) is 0 Å². The standard InChI is InChI=1S/C13H22/c1-2-3-6-11-9-12-7-4-5-8-13(12)10-11/h9,12-13H,2-8,10H2,1H3/t12-,13+/m0/s1. The van der Waals surface area contributed by atoms with Gasteiger partial charge < -0.3 is 0 Å². The van der Waals surface area contributed by atoms with Gasteiger partial charge in [-0.2, -0.15) is 0 Å². The van der Waals surface area contributed by atoms with Crippen LogP contribution in [0.5, 0.6) is 0 Å². The van der Waals surface area contributed by atoms with Crippen LogP contribution in [0, 0.1) is 11.8 Å². The van der Waals surface area contributed by atoms with Crippen molar-refractivity contribution in [1.29, 1.82) is 0 Å². The Balaban J connectivity index is 1.86. The van der Waals surface area contributed by atoms with Crippen molar-refractivity contribution in [1.82, 2.24) is 0 Å². The van der Waals surface area contributed by atoms with Gasteiger partial charge in [-0.15, -0.1) is 0 Å². The van der Waals surface area contributed by atoms with Crippen molar-refractivity contribution in [2.24, 2.45) is 11.8 Å². The van der Waals surface area contributed by atoms with Crippen LogP contribution < -0.4 is 0 Å². The summed E-state index contributed by atoms with van der Waals surface area (Å²) in [4.78, 5) is 0. The third-order valence-corrected chi connectivity index (χ3v) is 3.79. The summed E-state index contributed by atoms with van der Waals surface area (Å²) in [5.41, 5.74) is 1.79. The van der Waals surface area contributed by atoms with Crippen LogP contribution in [0.3, 0.4) is 0 Å². The first kappa shape index (κ1) is 9.30. The fraction of sp³-hybridized carbons (Fsp3) is 0.846. The third-order valence-electron chi connectivity index (χ3n) is 3.79. The van der Waals surface area contributed by atoms with Crippen LogP contribution in [0.4, 0.5) is 0 Å². The molecule has 2 aliphatic rings. The molecule has 0 saturated heterocycles. The Morgan fingerprint density at radius 3 is 2.92 bits per heavy atom. The number of rotatable bonds is 3. The summed E-state index contributed by atoms with van der Waals surface area (Å²) in [6, 6.07) is 0. The fourth-order valence-electron chi connectivity index (χ4n) is 3.01. The van der Waals surface area contributed by atoms with Crippen molar-refractivity contribution in [3.63, 3.8) is 0 Å². The molecule has 2 aliphatic carbocycles. The summed E-state index contributed by atoms with van der Waals surface area (Å²) in [6.45, 7) is 2.29.